The lowest BCUT2D eigenvalue weighted by Gasteiger charge is -2.47. The van der Waals surface area contributed by atoms with Gasteiger partial charge in [0.2, 0.25) is 0 Å². The average Bonchev–Trinajstić information content (AvgIpc) is 2.86. The second-order valence-electron chi connectivity index (χ2n) is 10.2. The Hall–Kier alpha value is -2.48. The average molecular weight is 549 g/mol. The second kappa shape index (κ2) is 10.1. The molecule has 2 aromatic rings. The molecule has 2 N–H and O–H groups in total. The van der Waals surface area contributed by atoms with Crippen LogP contribution >= 0.6 is 15.9 Å². The monoisotopic (exact) mass is 548 g/mol. The van der Waals surface area contributed by atoms with Crippen LogP contribution in [0.15, 0.2) is 63.7 Å². The fraction of sp³-hybridized carbons (Fsp3) is 0.379. The van der Waals surface area contributed by atoms with Gasteiger partial charge in [0, 0.05) is 33.0 Å². The summed E-state index contributed by atoms with van der Waals surface area (Å²) in [6.07, 6.45) is 4.78. The number of phenolic OH excluding ortho intramolecular Hbond substituents is 1. The molecule has 0 bridgehead atoms. The van der Waals surface area contributed by atoms with Crippen LogP contribution in [0.25, 0.3) is 6.08 Å². The van der Waals surface area contributed by atoms with Gasteiger partial charge in [-0.05, 0) is 68.6 Å². The van der Waals surface area contributed by atoms with Gasteiger partial charge in [-0.3, -0.25) is 9.59 Å². The molecule has 36 heavy (non-hydrogen) atoms. The molecule has 1 fully saturated rings. The number of hydrogen-bond acceptors (Lipinski definition) is 5. The minimum Gasteiger partial charge on any atom is -0.507 e. The lowest BCUT2D eigenvalue weighted by molar-refractivity contribution is 0.0601. The van der Waals surface area contributed by atoms with E-state index in [1.165, 1.54) is 0 Å². The maximum atomic E-state index is 13.6. The number of hydrogen-bond donors (Lipinski definition) is 2. The molecule has 0 radical (unpaired) electrons. The Morgan fingerprint density at radius 2 is 1.86 bits per heavy atom. The maximum absolute atomic E-state index is 13.6. The molecule has 1 aliphatic heterocycles. The highest BCUT2D eigenvalue weighted by Gasteiger charge is 2.52. The first-order valence-electron chi connectivity index (χ1n) is 12.7. The molecular formula is C29H30BBrO5. The van der Waals surface area contributed by atoms with Crippen molar-refractivity contribution in [1.82, 2.24) is 0 Å². The number of rotatable bonds is 5. The Labute approximate surface area is 220 Å². The number of Topliss-reactive ketones (excluding diaryl/α,β-unsaturated/α-hetero) is 2. The molecule has 1 saturated heterocycles. The van der Waals surface area contributed by atoms with Crippen molar-refractivity contribution < 1.29 is 24.4 Å². The molecule has 5 rings (SSSR count). The van der Waals surface area contributed by atoms with E-state index >= 15 is 0 Å². The number of halogens is 1. The molecule has 0 spiro atoms. The van der Waals surface area contributed by atoms with E-state index in [-0.39, 0.29) is 35.3 Å². The number of phenols is 1. The van der Waals surface area contributed by atoms with Gasteiger partial charge in [-0.1, -0.05) is 64.3 Å². The summed E-state index contributed by atoms with van der Waals surface area (Å²) in [5.74, 6) is -0.755. The minimum atomic E-state index is -0.974. The largest absolute Gasteiger partial charge is 0.507 e. The molecule has 0 amide bonds. The molecular weight excluding hydrogens is 519 g/mol. The first kappa shape index (κ1) is 25.2. The first-order valence-corrected chi connectivity index (χ1v) is 13.5. The van der Waals surface area contributed by atoms with E-state index in [0.717, 1.165) is 39.6 Å². The van der Waals surface area contributed by atoms with Crippen molar-refractivity contribution in [2.24, 2.45) is 17.8 Å². The topological polar surface area (TPSA) is 83.8 Å². The van der Waals surface area contributed by atoms with Crippen molar-refractivity contribution >= 4 is 40.7 Å². The summed E-state index contributed by atoms with van der Waals surface area (Å²) in [5.41, 5.74) is 5.13. The molecule has 0 aromatic heterocycles. The SMILES string of the molecule is CC/C(=C\c1cc(Br)ccc1O)CC[C@H]1OB(O)C[C@H]2C1=C(C)C[C@H]1C(=O)c3ccccc3C(=O)[C@H]12. The van der Waals surface area contributed by atoms with E-state index < -0.39 is 13.0 Å². The normalized spacial score (nSPS) is 26.0. The van der Waals surface area contributed by atoms with Gasteiger partial charge >= 0.3 is 7.12 Å². The van der Waals surface area contributed by atoms with Gasteiger partial charge in [0.25, 0.3) is 0 Å². The number of ketones is 2. The summed E-state index contributed by atoms with van der Waals surface area (Å²) in [6.45, 7) is 4.13. The van der Waals surface area contributed by atoms with Gasteiger partial charge in [-0.2, -0.15) is 0 Å². The smallest absolute Gasteiger partial charge is 0.455 e. The van der Waals surface area contributed by atoms with Crippen LogP contribution in [0.5, 0.6) is 5.75 Å². The van der Waals surface area contributed by atoms with E-state index in [4.69, 9.17) is 4.65 Å². The molecule has 186 valence electrons. The zero-order valence-corrected chi connectivity index (χ0v) is 22.1. The van der Waals surface area contributed by atoms with Crippen LogP contribution in [0, 0.1) is 17.8 Å². The molecule has 0 unspecified atom stereocenters. The lowest BCUT2D eigenvalue weighted by atomic mass is 9.54. The van der Waals surface area contributed by atoms with Crippen molar-refractivity contribution in [2.45, 2.75) is 52.0 Å². The highest BCUT2D eigenvalue weighted by atomic mass is 79.9. The Morgan fingerprint density at radius 3 is 2.58 bits per heavy atom. The number of aromatic hydroxyl groups is 1. The van der Waals surface area contributed by atoms with Crippen LogP contribution in [0.4, 0.5) is 0 Å². The van der Waals surface area contributed by atoms with Crippen LogP contribution in [-0.2, 0) is 4.65 Å². The summed E-state index contributed by atoms with van der Waals surface area (Å²) in [7, 11) is -0.974. The molecule has 4 atom stereocenters. The third kappa shape index (κ3) is 4.53. The molecule has 2 aromatic carbocycles. The van der Waals surface area contributed by atoms with Crippen molar-refractivity contribution in [3.8, 4) is 5.75 Å². The van der Waals surface area contributed by atoms with Gasteiger partial charge in [-0.25, -0.2) is 0 Å². The van der Waals surface area contributed by atoms with E-state index in [0.29, 0.717) is 30.3 Å². The van der Waals surface area contributed by atoms with Gasteiger partial charge in [-0.15, -0.1) is 0 Å². The number of carbonyl (C=O) groups excluding carboxylic acids is 2. The summed E-state index contributed by atoms with van der Waals surface area (Å²) in [4.78, 5) is 27.0. The summed E-state index contributed by atoms with van der Waals surface area (Å²) in [6, 6.07) is 12.5. The molecule has 0 saturated carbocycles. The molecule has 3 aliphatic rings. The van der Waals surface area contributed by atoms with E-state index in [1.54, 1.807) is 30.3 Å². The third-order valence-electron chi connectivity index (χ3n) is 8.04. The van der Waals surface area contributed by atoms with Crippen molar-refractivity contribution in [3.63, 3.8) is 0 Å². The fourth-order valence-corrected chi connectivity index (χ4v) is 6.73. The predicted molar refractivity (Wildman–Crippen MR) is 144 cm³/mol. The van der Waals surface area contributed by atoms with Gasteiger partial charge in [0.1, 0.15) is 5.75 Å². The molecule has 5 nitrogen and oxygen atoms in total. The number of carbonyl (C=O) groups is 2. The molecule has 1 heterocycles. The Kier molecular flexibility index (Phi) is 7.08. The Bertz CT molecular complexity index is 1280. The minimum absolute atomic E-state index is 0.0114. The second-order valence-corrected chi connectivity index (χ2v) is 11.1. The van der Waals surface area contributed by atoms with Crippen LogP contribution < -0.4 is 0 Å². The van der Waals surface area contributed by atoms with Crippen LogP contribution in [0.3, 0.4) is 0 Å². The first-order chi connectivity index (χ1) is 17.3. The lowest BCUT2D eigenvalue weighted by Crippen LogP contribution is -2.50. The highest BCUT2D eigenvalue weighted by Crippen LogP contribution is 2.50. The Balaban J connectivity index is 1.43. The summed E-state index contributed by atoms with van der Waals surface area (Å²) >= 11 is 3.46. The highest BCUT2D eigenvalue weighted by molar-refractivity contribution is 9.10. The van der Waals surface area contributed by atoms with Crippen molar-refractivity contribution in [2.75, 3.05) is 0 Å². The van der Waals surface area contributed by atoms with Crippen molar-refractivity contribution in [1.29, 1.82) is 0 Å². The van der Waals surface area contributed by atoms with Gasteiger partial charge < -0.3 is 14.8 Å². The summed E-state index contributed by atoms with van der Waals surface area (Å²) < 4.78 is 6.94. The van der Waals surface area contributed by atoms with Crippen LogP contribution in [0.2, 0.25) is 6.32 Å². The third-order valence-corrected chi connectivity index (χ3v) is 8.53. The zero-order valence-electron chi connectivity index (χ0n) is 20.5. The number of benzene rings is 2. The fourth-order valence-electron chi connectivity index (χ4n) is 6.35. The maximum Gasteiger partial charge on any atom is 0.455 e. The van der Waals surface area contributed by atoms with Gasteiger partial charge in [0.05, 0.1) is 6.10 Å². The molecule has 2 aliphatic carbocycles. The van der Waals surface area contributed by atoms with E-state index in [9.17, 15) is 19.7 Å². The van der Waals surface area contributed by atoms with Gasteiger partial charge in [0.15, 0.2) is 11.6 Å². The van der Waals surface area contributed by atoms with Crippen LogP contribution in [0.1, 0.15) is 65.8 Å². The number of allylic oxidation sites excluding steroid dienone is 2. The Morgan fingerprint density at radius 1 is 1.14 bits per heavy atom. The van der Waals surface area contributed by atoms with E-state index in [2.05, 4.69) is 22.9 Å². The predicted octanol–water partition coefficient (Wildman–Crippen LogP) is 6.26. The van der Waals surface area contributed by atoms with E-state index in [1.807, 2.05) is 25.1 Å². The van der Waals surface area contributed by atoms with Crippen LogP contribution in [-0.4, -0.2) is 34.9 Å². The molecule has 7 heteroatoms. The quantitative estimate of drug-likeness (QED) is 0.340. The van der Waals surface area contributed by atoms with Crippen molar-refractivity contribution in [3.05, 3.63) is 80.3 Å². The number of fused-ring (bicyclic) bond motifs is 4. The summed E-state index contributed by atoms with van der Waals surface area (Å²) in [5, 5.41) is 20.9. The standard InChI is InChI=1S/C29H30BBrO5/c1-3-17(13-18-14-19(31)9-10-24(18)32)8-11-25-26-16(2)12-22-27(23(26)15-30(35)36-25)29(34)21-7-5-4-6-20(21)28(22)33/h4-7,9-10,13-14,22-23,25,27,32,35H,3,8,11-12,15H2,1-2H3/b17-13+/t22-,23+,25-,27-/m1/s1. The zero-order chi connectivity index (χ0) is 25.6.